The van der Waals surface area contributed by atoms with Gasteiger partial charge < -0.3 is 9.88 Å². The highest BCUT2D eigenvalue weighted by molar-refractivity contribution is 7.11. The lowest BCUT2D eigenvalue weighted by atomic mass is 10.1. The number of aromatic nitrogens is 3. The Labute approximate surface area is 128 Å². The fourth-order valence-electron chi connectivity index (χ4n) is 2.84. The van der Waals surface area contributed by atoms with Crippen molar-refractivity contribution < 1.29 is 4.79 Å². The molecule has 1 amide bonds. The average Bonchev–Trinajstić information content (AvgIpc) is 3.11. The summed E-state index contributed by atoms with van der Waals surface area (Å²) in [7, 11) is 0. The van der Waals surface area contributed by atoms with Gasteiger partial charge in [-0.2, -0.15) is 0 Å². The number of carbonyl (C=O) groups is 1. The lowest BCUT2D eigenvalue weighted by molar-refractivity contribution is -0.129. The van der Waals surface area contributed by atoms with E-state index in [9.17, 15) is 4.79 Å². The molecule has 3 rings (SSSR count). The second-order valence-electron chi connectivity index (χ2n) is 5.70. The van der Waals surface area contributed by atoms with E-state index in [0.717, 1.165) is 46.6 Å². The van der Waals surface area contributed by atoms with Gasteiger partial charge >= 0.3 is 0 Å². The maximum atomic E-state index is 12.4. The first-order valence-electron chi connectivity index (χ1n) is 7.25. The summed E-state index contributed by atoms with van der Waals surface area (Å²) < 4.78 is 0. The maximum absolute atomic E-state index is 12.4. The van der Waals surface area contributed by atoms with Crippen LogP contribution in [0, 0.1) is 20.8 Å². The number of aryl methyl sites for hydroxylation is 3. The molecule has 1 aliphatic heterocycles. The van der Waals surface area contributed by atoms with Crippen LogP contribution in [0.2, 0.25) is 0 Å². The second kappa shape index (κ2) is 5.60. The Morgan fingerprint density at radius 1 is 1.48 bits per heavy atom. The van der Waals surface area contributed by atoms with Gasteiger partial charge in [-0.05, 0) is 27.2 Å². The van der Waals surface area contributed by atoms with Gasteiger partial charge in [0, 0.05) is 35.8 Å². The van der Waals surface area contributed by atoms with Gasteiger partial charge in [-0.25, -0.2) is 9.97 Å². The standard InChI is InChI=1S/C15H20N4OS/c1-9-7-16-15(17-9)12-4-5-19(8-12)14(20)6-13-10(2)18-11(3)21-13/h7,12H,4-6,8H2,1-3H3,(H,16,17). The molecule has 112 valence electrons. The topological polar surface area (TPSA) is 61.9 Å². The molecule has 1 fully saturated rings. The van der Waals surface area contributed by atoms with Crippen molar-refractivity contribution in [1.82, 2.24) is 19.9 Å². The molecule has 0 aromatic carbocycles. The average molecular weight is 304 g/mol. The Kier molecular flexibility index (Phi) is 3.80. The highest BCUT2D eigenvalue weighted by Gasteiger charge is 2.29. The van der Waals surface area contributed by atoms with E-state index in [0.29, 0.717) is 12.3 Å². The van der Waals surface area contributed by atoms with Crippen LogP contribution in [0.3, 0.4) is 0 Å². The molecule has 2 aromatic heterocycles. The van der Waals surface area contributed by atoms with Crippen LogP contribution < -0.4 is 0 Å². The van der Waals surface area contributed by atoms with Gasteiger partial charge in [-0.1, -0.05) is 0 Å². The van der Waals surface area contributed by atoms with E-state index in [-0.39, 0.29) is 5.91 Å². The number of hydrogen-bond donors (Lipinski definition) is 1. The van der Waals surface area contributed by atoms with Gasteiger partial charge in [0.15, 0.2) is 0 Å². The van der Waals surface area contributed by atoms with Crippen molar-refractivity contribution in [3.63, 3.8) is 0 Å². The molecule has 1 aliphatic rings. The first-order chi connectivity index (χ1) is 10.0. The fourth-order valence-corrected chi connectivity index (χ4v) is 3.77. The Balaban J connectivity index is 1.63. The highest BCUT2D eigenvalue weighted by Crippen LogP contribution is 2.26. The number of rotatable bonds is 3. The third-order valence-electron chi connectivity index (χ3n) is 3.96. The molecular formula is C15H20N4OS. The first-order valence-corrected chi connectivity index (χ1v) is 8.06. The maximum Gasteiger partial charge on any atom is 0.227 e. The summed E-state index contributed by atoms with van der Waals surface area (Å²) in [5, 5.41) is 1.03. The van der Waals surface area contributed by atoms with Gasteiger partial charge in [-0.3, -0.25) is 4.79 Å². The number of aromatic amines is 1. The Morgan fingerprint density at radius 3 is 2.90 bits per heavy atom. The van der Waals surface area contributed by atoms with Crippen LogP contribution >= 0.6 is 11.3 Å². The zero-order valence-electron chi connectivity index (χ0n) is 12.6. The molecule has 3 heterocycles. The molecule has 0 radical (unpaired) electrons. The molecule has 0 saturated carbocycles. The molecule has 2 aromatic rings. The predicted octanol–water partition coefficient (Wildman–Crippen LogP) is 2.35. The van der Waals surface area contributed by atoms with Crippen molar-refractivity contribution in [1.29, 1.82) is 0 Å². The summed E-state index contributed by atoms with van der Waals surface area (Å²) in [5.41, 5.74) is 2.06. The molecule has 1 atom stereocenters. The molecule has 0 aliphatic carbocycles. The van der Waals surface area contributed by atoms with Crippen LogP contribution in [0.25, 0.3) is 0 Å². The largest absolute Gasteiger partial charge is 0.346 e. The molecule has 0 bridgehead atoms. The third-order valence-corrected chi connectivity index (χ3v) is 5.03. The van der Waals surface area contributed by atoms with E-state index < -0.39 is 0 Å². The minimum absolute atomic E-state index is 0.201. The van der Waals surface area contributed by atoms with Crippen LogP contribution in [0.1, 0.15) is 39.4 Å². The number of carbonyl (C=O) groups excluding carboxylic acids is 1. The van der Waals surface area contributed by atoms with Crippen LogP contribution in [0.5, 0.6) is 0 Å². The summed E-state index contributed by atoms with van der Waals surface area (Å²) >= 11 is 1.62. The highest BCUT2D eigenvalue weighted by atomic mass is 32.1. The second-order valence-corrected chi connectivity index (χ2v) is 6.98. The normalized spacial score (nSPS) is 18.4. The fraction of sp³-hybridized carbons (Fsp3) is 0.533. The summed E-state index contributed by atoms with van der Waals surface area (Å²) in [6, 6.07) is 0. The van der Waals surface area contributed by atoms with Gasteiger partial charge in [-0.15, -0.1) is 11.3 Å². The Bertz CT molecular complexity index is 660. The lowest BCUT2D eigenvalue weighted by Gasteiger charge is -2.15. The number of nitrogens with zero attached hydrogens (tertiary/aromatic N) is 3. The number of likely N-dealkylation sites (tertiary alicyclic amines) is 1. The molecule has 1 N–H and O–H groups in total. The minimum atomic E-state index is 0.201. The summed E-state index contributed by atoms with van der Waals surface area (Å²) in [6.45, 7) is 7.55. The lowest BCUT2D eigenvalue weighted by Crippen LogP contribution is -2.29. The van der Waals surface area contributed by atoms with E-state index >= 15 is 0 Å². The predicted molar refractivity (Wildman–Crippen MR) is 82.6 cm³/mol. The Morgan fingerprint density at radius 2 is 2.29 bits per heavy atom. The third kappa shape index (κ3) is 3.00. The first kappa shape index (κ1) is 14.3. The van der Waals surface area contributed by atoms with Crippen LogP contribution in [0.15, 0.2) is 6.20 Å². The SMILES string of the molecule is Cc1cnc(C2CCN(C(=O)Cc3sc(C)nc3C)C2)[nH]1. The summed E-state index contributed by atoms with van der Waals surface area (Å²) in [4.78, 5) is 27.5. The van der Waals surface area contributed by atoms with Crippen LogP contribution in [-0.2, 0) is 11.2 Å². The smallest absolute Gasteiger partial charge is 0.227 e. The zero-order valence-corrected chi connectivity index (χ0v) is 13.5. The van der Waals surface area contributed by atoms with Gasteiger partial charge in [0.2, 0.25) is 5.91 Å². The van der Waals surface area contributed by atoms with Gasteiger partial charge in [0.1, 0.15) is 5.82 Å². The van der Waals surface area contributed by atoms with Crippen molar-refractivity contribution in [3.8, 4) is 0 Å². The molecule has 0 spiro atoms. The number of hydrogen-bond acceptors (Lipinski definition) is 4. The van der Waals surface area contributed by atoms with Crippen molar-refractivity contribution in [2.45, 2.75) is 39.5 Å². The molecular weight excluding hydrogens is 284 g/mol. The molecule has 1 unspecified atom stereocenters. The quantitative estimate of drug-likeness (QED) is 0.947. The van der Waals surface area contributed by atoms with Crippen molar-refractivity contribution in [3.05, 3.63) is 33.3 Å². The molecule has 1 saturated heterocycles. The zero-order chi connectivity index (χ0) is 15.0. The van der Waals surface area contributed by atoms with Crippen LogP contribution in [0.4, 0.5) is 0 Å². The molecule has 6 heteroatoms. The van der Waals surface area contributed by atoms with E-state index in [1.165, 1.54) is 0 Å². The van der Waals surface area contributed by atoms with E-state index in [2.05, 4.69) is 15.0 Å². The van der Waals surface area contributed by atoms with Crippen molar-refractivity contribution >= 4 is 17.2 Å². The number of amides is 1. The molecule has 21 heavy (non-hydrogen) atoms. The van der Waals surface area contributed by atoms with Crippen molar-refractivity contribution in [2.75, 3.05) is 13.1 Å². The Hall–Kier alpha value is -1.69. The number of nitrogens with one attached hydrogen (secondary N) is 1. The summed E-state index contributed by atoms with van der Waals surface area (Å²) in [5.74, 6) is 1.55. The number of thiazole rings is 1. The van der Waals surface area contributed by atoms with E-state index in [1.807, 2.05) is 31.9 Å². The van der Waals surface area contributed by atoms with E-state index in [1.54, 1.807) is 11.3 Å². The van der Waals surface area contributed by atoms with Gasteiger partial charge in [0.25, 0.3) is 0 Å². The molecule has 5 nitrogen and oxygen atoms in total. The van der Waals surface area contributed by atoms with Crippen LogP contribution in [-0.4, -0.2) is 38.8 Å². The minimum Gasteiger partial charge on any atom is -0.346 e. The van der Waals surface area contributed by atoms with Crippen molar-refractivity contribution in [2.24, 2.45) is 0 Å². The van der Waals surface area contributed by atoms with Gasteiger partial charge in [0.05, 0.1) is 17.1 Å². The number of H-pyrrole nitrogens is 1. The number of imidazole rings is 1. The van der Waals surface area contributed by atoms with E-state index in [4.69, 9.17) is 0 Å². The monoisotopic (exact) mass is 304 g/mol. The summed E-state index contributed by atoms with van der Waals surface area (Å²) in [6.07, 6.45) is 3.31.